The minimum Gasteiger partial charge on any atom is -0.493 e. The first-order valence-electron chi connectivity index (χ1n) is 7.38. The average Bonchev–Trinajstić information content (AvgIpc) is 2.97. The van der Waals surface area contributed by atoms with Crippen LogP contribution in [0.5, 0.6) is 17.2 Å². The lowest BCUT2D eigenvalue weighted by Gasteiger charge is -2.23. The molecule has 1 aromatic rings. The molecule has 0 atom stereocenters. The molecule has 1 amide bonds. The SMILES string of the molecule is COc1cc(C=C2C(=N)N3OC(C)=CC3=NC2=O)cc(OC)c1OC. The zero-order valence-electron chi connectivity index (χ0n) is 14.2. The number of amidine groups is 2. The molecular weight excluding hydrogens is 326 g/mol. The normalized spacial score (nSPS) is 17.8. The smallest absolute Gasteiger partial charge is 0.282 e. The fraction of sp³-hybridized carbons (Fsp3) is 0.235. The van der Waals surface area contributed by atoms with Crippen molar-refractivity contribution in [2.45, 2.75) is 6.92 Å². The number of carbonyl (C=O) groups excluding carboxylic acids is 1. The zero-order valence-corrected chi connectivity index (χ0v) is 14.2. The maximum atomic E-state index is 12.3. The number of allylic oxidation sites excluding steroid dienone is 1. The van der Waals surface area contributed by atoms with E-state index in [1.54, 1.807) is 25.1 Å². The highest BCUT2D eigenvalue weighted by Crippen LogP contribution is 2.39. The standard InChI is InChI=1S/C17H17N3O5/c1-9-5-14-19-17(21)11(16(18)20(14)25-9)6-10-7-12(22-2)15(24-4)13(8-10)23-3/h5-8,18H,1-4H3. The van der Waals surface area contributed by atoms with Crippen LogP contribution in [-0.4, -0.2) is 44.0 Å². The highest BCUT2D eigenvalue weighted by atomic mass is 16.7. The fourth-order valence-electron chi connectivity index (χ4n) is 2.55. The van der Waals surface area contributed by atoms with Crippen LogP contribution in [-0.2, 0) is 9.63 Å². The van der Waals surface area contributed by atoms with Crippen LogP contribution < -0.4 is 14.2 Å². The number of amides is 1. The Labute approximate surface area is 144 Å². The number of rotatable bonds is 4. The van der Waals surface area contributed by atoms with Gasteiger partial charge in [0.2, 0.25) is 5.75 Å². The number of hydrogen-bond donors (Lipinski definition) is 1. The largest absolute Gasteiger partial charge is 0.493 e. The number of nitrogens with one attached hydrogen (secondary N) is 1. The van der Waals surface area contributed by atoms with Gasteiger partial charge in [0.15, 0.2) is 23.2 Å². The van der Waals surface area contributed by atoms with Gasteiger partial charge in [-0.1, -0.05) is 0 Å². The van der Waals surface area contributed by atoms with Gasteiger partial charge in [0, 0.05) is 6.08 Å². The van der Waals surface area contributed by atoms with Crippen molar-refractivity contribution < 1.29 is 23.8 Å². The molecule has 1 N–H and O–H groups in total. The summed E-state index contributed by atoms with van der Waals surface area (Å²) in [6.07, 6.45) is 3.13. The second-order valence-electron chi connectivity index (χ2n) is 5.28. The number of nitrogens with zero attached hydrogens (tertiary/aromatic N) is 2. The van der Waals surface area contributed by atoms with Crippen molar-refractivity contribution in [3.63, 3.8) is 0 Å². The number of carbonyl (C=O) groups is 1. The van der Waals surface area contributed by atoms with Crippen molar-refractivity contribution in [2.24, 2.45) is 4.99 Å². The molecule has 0 aromatic heterocycles. The Morgan fingerprint density at radius 1 is 1.16 bits per heavy atom. The minimum atomic E-state index is -0.514. The Morgan fingerprint density at radius 2 is 1.80 bits per heavy atom. The third-order valence-corrected chi connectivity index (χ3v) is 3.68. The van der Waals surface area contributed by atoms with Gasteiger partial charge < -0.3 is 19.0 Å². The van der Waals surface area contributed by atoms with E-state index in [-0.39, 0.29) is 11.4 Å². The van der Waals surface area contributed by atoms with Gasteiger partial charge in [0.1, 0.15) is 5.76 Å². The molecule has 2 heterocycles. The molecule has 0 bridgehead atoms. The Morgan fingerprint density at radius 3 is 2.36 bits per heavy atom. The number of hydroxylamine groups is 2. The molecule has 2 aliphatic heterocycles. The first-order valence-corrected chi connectivity index (χ1v) is 7.38. The molecule has 130 valence electrons. The summed E-state index contributed by atoms with van der Waals surface area (Å²) in [7, 11) is 4.52. The van der Waals surface area contributed by atoms with E-state index in [1.165, 1.54) is 32.5 Å². The van der Waals surface area contributed by atoms with E-state index >= 15 is 0 Å². The molecule has 3 rings (SSSR count). The predicted octanol–water partition coefficient (Wildman–Crippen LogP) is 2.16. The summed E-state index contributed by atoms with van der Waals surface area (Å²) in [5.41, 5.74) is 0.700. The summed E-state index contributed by atoms with van der Waals surface area (Å²) in [5, 5.41) is 9.44. The van der Waals surface area contributed by atoms with Crippen LogP contribution in [0.4, 0.5) is 0 Å². The first-order chi connectivity index (χ1) is 12.0. The summed E-state index contributed by atoms with van der Waals surface area (Å²) in [6.45, 7) is 1.72. The van der Waals surface area contributed by atoms with E-state index in [2.05, 4.69) is 4.99 Å². The van der Waals surface area contributed by atoms with Crippen LogP contribution in [0.3, 0.4) is 0 Å². The van der Waals surface area contributed by atoms with Crippen LogP contribution >= 0.6 is 0 Å². The minimum absolute atomic E-state index is 0.0862. The molecule has 1 aromatic carbocycles. The second kappa shape index (κ2) is 6.31. The van der Waals surface area contributed by atoms with Gasteiger partial charge >= 0.3 is 0 Å². The van der Waals surface area contributed by atoms with E-state index in [4.69, 9.17) is 24.5 Å². The maximum absolute atomic E-state index is 12.3. The van der Waals surface area contributed by atoms with Gasteiger partial charge in [-0.3, -0.25) is 10.2 Å². The van der Waals surface area contributed by atoms with Crippen LogP contribution in [0.2, 0.25) is 0 Å². The van der Waals surface area contributed by atoms with Crippen molar-refractivity contribution in [3.8, 4) is 17.2 Å². The summed E-state index contributed by atoms with van der Waals surface area (Å²) in [4.78, 5) is 21.6. The zero-order chi connectivity index (χ0) is 18.1. The number of benzene rings is 1. The number of aliphatic imine (C=N–C) groups is 1. The molecule has 0 spiro atoms. The number of methoxy groups -OCH3 is 3. The predicted molar refractivity (Wildman–Crippen MR) is 90.9 cm³/mol. The lowest BCUT2D eigenvalue weighted by molar-refractivity contribution is -0.114. The quantitative estimate of drug-likeness (QED) is 0.842. The van der Waals surface area contributed by atoms with E-state index < -0.39 is 5.91 Å². The summed E-state index contributed by atoms with van der Waals surface area (Å²) in [5.74, 6) is 1.60. The highest BCUT2D eigenvalue weighted by molar-refractivity contribution is 6.32. The van der Waals surface area contributed by atoms with E-state index in [0.717, 1.165) is 0 Å². The van der Waals surface area contributed by atoms with Gasteiger partial charge in [-0.05, 0) is 30.7 Å². The first kappa shape index (κ1) is 16.6. The Balaban J connectivity index is 2.04. The fourth-order valence-corrected chi connectivity index (χ4v) is 2.55. The van der Waals surface area contributed by atoms with E-state index in [1.807, 2.05) is 0 Å². The summed E-state index contributed by atoms with van der Waals surface area (Å²) in [6, 6.07) is 3.37. The van der Waals surface area contributed by atoms with Crippen molar-refractivity contribution in [3.05, 3.63) is 35.1 Å². The number of hydrogen-bond acceptors (Lipinski definition) is 6. The van der Waals surface area contributed by atoms with Gasteiger partial charge in [0.05, 0.1) is 26.9 Å². The third kappa shape index (κ3) is 2.82. The van der Waals surface area contributed by atoms with Crippen LogP contribution in [0.25, 0.3) is 6.08 Å². The molecule has 0 fully saturated rings. The Hall–Kier alpha value is -3.29. The van der Waals surface area contributed by atoms with Crippen molar-refractivity contribution >= 4 is 23.7 Å². The molecule has 0 aliphatic carbocycles. The van der Waals surface area contributed by atoms with Gasteiger partial charge in [0.25, 0.3) is 5.91 Å². The average molecular weight is 343 g/mol. The molecule has 0 saturated carbocycles. The monoisotopic (exact) mass is 343 g/mol. The molecule has 0 saturated heterocycles. The van der Waals surface area contributed by atoms with Crippen molar-refractivity contribution in [2.75, 3.05) is 21.3 Å². The highest BCUT2D eigenvalue weighted by Gasteiger charge is 2.34. The van der Waals surface area contributed by atoms with Gasteiger partial charge in [-0.25, -0.2) is 0 Å². The van der Waals surface area contributed by atoms with E-state index in [9.17, 15) is 4.79 Å². The summed E-state index contributed by atoms with van der Waals surface area (Å²) >= 11 is 0. The third-order valence-electron chi connectivity index (χ3n) is 3.68. The van der Waals surface area contributed by atoms with E-state index in [0.29, 0.717) is 34.4 Å². The number of ether oxygens (including phenoxy) is 3. The topological polar surface area (TPSA) is 93.4 Å². The second-order valence-corrected chi connectivity index (χ2v) is 5.28. The molecule has 8 nitrogen and oxygen atoms in total. The van der Waals surface area contributed by atoms with Crippen LogP contribution in [0, 0.1) is 5.41 Å². The van der Waals surface area contributed by atoms with Gasteiger partial charge in [-0.15, -0.1) is 5.06 Å². The van der Waals surface area contributed by atoms with Gasteiger partial charge in [-0.2, -0.15) is 4.99 Å². The Kier molecular flexibility index (Phi) is 4.18. The molecule has 2 aliphatic rings. The lowest BCUT2D eigenvalue weighted by Crippen LogP contribution is -2.38. The molecular formula is C17H17N3O5. The molecule has 8 heteroatoms. The Bertz CT molecular complexity index is 829. The molecule has 0 unspecified atom stereocenters. The maximum Gasteiger partial charge on any atom is 0.282 e. The van der Waals surface area contributed by atoms with Crippen LogP contribution in [0.15, 0.2) is 34.5 Å². The van der Waals surface area contributed by atoms with Crippen LogP contribution in [0.1, 0.15) is 12.5 Å². The number of fused-ring (bicyclic) bond motifs is 1. The van der Waals surface area contributed by atoms with Crippen molar-refractivity contribution in [1.82, 2.24) is 5.06 Å². The lowest BCUT2D eigenvalue weighted by atomic mass is 10.1. The molecule has 0 radical (unpaired) electrons. The molecule has 25 heavy (non-hydrogen) atoms. The van der Waals surface area contributed by atoms with Crippen molar-refractivity contribution in [1.29, 1.82) is 5.41 Å². The summed E-state index contributed by atoms with van der Waals surface area (Å²) < 4.78 is 15.9.